The van der Waals surface area contributed by atoms with Crippen LogP contribution in [0.25, 0.3) is 0 Å². The van der Waals surface area contributed by atoms with Gasteiger partial charge in [-0.25, -0.2) is 18.0 Å². The predicted octanol–water partition coefficient (Wildman–Crippen LogP) is 4.29. The van der Waals surface area contributed by atoms with Crippen LogP contribution in [0.5, 0.6) is 0 Å². The highest BCUT2D eigenvalue weighted by molar-refractivity contribution is 7.92. The quantitative estimate of drug-likeness (QED) is 0.175. The highest BCUT2D eigenvalue weighted by Gasteiger charge is 2.42. The van der Waals surface area contributed by atoms with E-state index in [1.165, 1.54) is 30.6 Å². The van der Waals surface area contributed by atoms with Gasteiger partial charge in [0.05, 0.1) is 22.6 Å². The van der Waals surface area contributed by atoms with Crippen LogP contribution < -0.4 is 16.0 Å². The normalized spacial score (nSPS) is 19.4. The molecular formula is C31H56N4O7S. The summed E-state index contributed by atoms with van der Waals surface area (Å²) in [4.78, 5) is 52.2. The summed E-state index contributed by atoms with van der Waals surface area (Å²) >= 11 is 0. The van der Waals surface area contributed by atoms with Crippen LogP contribution in [0.1, 0.15) is 130 Å². The van der Waals surface area contributed by atoms with Crippen LogP contribution >= 0.6 is 0 Å². The SMILES string of the molecule is CCCCCCCCCC[C@H](NC(=O)[C@@H]1CCCN1C(=O)CNC(=O)NC1(CS(=O)(=O)C(C)(C)C)CCCCC1)C(=O)O. The van der Waals surface area contributed by atoms with Gasteiger partial charge in [-0.15, -0.1) is 0 Å². The number of carboxylic acids is 1. The summed E-state index contributed by atoms with van der Waals surface area (Å²) in [5.74, 6) is -2.18. The van der Waals surface area contributed by atoms with E-state index in [2.05, 4.69) is 22.9 Å². The number of carboxylic acid groups (broad SMARTS) is 1. The fourth-order valence-electron chi connectivity index (χ4n) is 6.00. The van der Waals surface area contributed by atoms with E-state index in [1.807, 2.05) is 0 Å². The van der Waals surface area contributed by atoms with E-state index in [4.69, 9.17) is 0 Å². The average Bonchev–Trinajstić information content (AvgIpc) is 3.42. The van der Waals surface area contributed by atoms with E-state index >= 15 is 0 Å². The standard InChI is InChI=1S/C31H56N4O7S/c1-5-6-7-8-9-10-11-13-17-24(28(38)39)33-27(37)25-18-16-21-35(25)26(36)22-32-29(40)34-31(19-14-12-15-20-31)23-43(41,42)30(2,3)4/h24-25H,5-23H2,1-4H3,(H,33,37)(H,38,39)(H2,32,34,40)/t24-,25-/m0/s1. The van der Waals surface area contributed by atoms with Gasteiger partial charge in [0.1, 0.15) is 12.1 Å². The molecule has 248 valence electrons. The molecule has 0 aromatic heterocycles. The van der Waals surface area contributed by atoms with E-state index in [0.717, 1.165) is 38.5 Å². The number of urea groups is 1. The molecule has 1 aliphatic carbocycles. The Kier molecular flexibility index (Phi) is 14.7. The summed E-state index contributed by atoms with van der Waals surface area (Å²) in [5, 5.41) is 17.7. The monoisotopic (exact) mass is 628 g/mol. The molecule has 12 heteroatoms. The summed E-state index contributed by atoms with van der Waals surface area (Å²) in [7, 11) is -3.50. The van der Waals surface area contributed by atoms with Gasteiger partial charge in [0, 0.05) is 6.54 Å². The van der Waals surface area contributed by atoms with Crippen LogP contribution in [0.4, 0.5) is 4.79 Å². The molecule has 0 unspecified atom stereocenters. The average molecular weight is 629 g/mol. The first-order chi connectivity index (χ1) is 20.2. The first-order valence-electron chi connectivity index (χ1n) is 16.3. The molecule has 1 saturated carbocycles. The number of rotatable bonds is 17. The van der Waals surface area contributed by atoms with Gasteiger partial charge in [0.15, 0.2) is 9.84 Å². The Balaban J connectivity index is 1.88. The zero-order valence-corrected chi connectivity index (χ0v) is 27.7. The van der Waals surface area contributed by atoms with Gasteiger partial charge < -0.3 is 26.0 Å². The van der Waals surface area contributed by atoms with Gasteiger partial charge in [-0.05, 0) is 52.9 Å². The second-order valence-corrected chi connectivity index (χ2v) is 16.2. The van der Waals surface area contributed by atoms with Gasteiger partial charge in [0.25, 0.3) is 0 Å². The first kappa shape index (κ1) is 36.8. The lowest BCUT2D eigenvalue weighted by Crippen LogP contribution is -2.59. The van der Waals surface area contributed by atoms with Crippen molar-refractivity contribution in [1.82, 2.24) is 20.9 Å². The molecule has 43 heavy (non-hydrogen) atoms. The third kappa shape index (κ3) is 11.9. The smallest absolute Gasteiger partial charge is 0.326 e. The highest BCUT2D eigenvalue weighted by Crippen LogP contribution is 2.32. The molecule has 11 nitrogen and oxygen atoms in total. The molecular weight excluding hydrogens is 572 g/mol. The van der Waals surface area contributed by atoms with Gasteiger partial charge in [-0.3, -0.25) is 9.59 Å². The summed E-state index contributed by atoms with van der Waals surface area (Å²) in [6.07, 6.45) is 13.7. The van der Waals surface area contributed by atoms with Crippen molar-refractivity contribution in [3.63, 3.8) is 0 Å². The predicted molar refractivity (Wildman–Crippen MR) is 167 cm³/mol. The molecule has 2 atom stereocenters. The van der Waals surface area contributed by atoms with Crippen molar-refractivity contribution < 1.29 is 32.7 Å². The second-order valence-electron chi connectivity index (χ2n) is 13.4. The maximum absolute atomic E-state index is 13.0. The summed E-state index contributed by atoms with van der Waals surface area (Å²) < 4.78 is 25.0. The Morgan fingerprint density at radius 3 is 2.12 bits per heavy atom. The number of unbranched alkanes of at least 4 members (excludes halogenated alkanes) is 7. The molecule has 0 aromatic carbocycles. The van der Waals surface area contributed by atoms with Crippen molar-refractivity contribution in [2.75, 3.05) is 18.8 Å². The Morgan fingerprint density at radius 2 is 1.53 bits per heavy atom. The Morgan fingerprint density at radius 1 is 0.930 bits per heavy atom. The molecule has 0 bridgehead atoms. The lowest BCUT2D eigenvalue weighted by molar-refractivity contribution is -0.143. The van der Waals surface area contributed by atoms with Crippen LogP contribution in [0.2, 0.25) is 0 Å². The van der Waals surface area contributed by atoms with E-state index in [-0.39, 0.29) is 12.3 Å². The fraction of sp³-hybridized carbons (Fsp3) is 0.871. The third-order valence-electron chi connectivity index (χ3n) is 8.83. The Labute approximate surface area is 258 Å². The summed E-state index contributed by atoms with van der Waals surface area (Å²) in [6, 6.07) is -2.42. The minimum atomic E-state index is -3.50. The van der Waals surface area contributed by atoms with Crippen molar-refractivity contribution in [3.8, 4) is 0 Å². The largest absolute Gasteiger partial charge is 0.480 e. The Hall–Kier alpha value is -2.37. The van der Waals surface area contributed by atoms with Crippen LogP contribution in [0.3, 0.4) is 0 Å². The number of aliphatic carboxylic acids is 1. The molecule has 1 aliphatic heterocycles. The number of nitrogens with zero attached hydrogens (tertiary/aromatic N) is 1. The maximum atomic E-state index is 13.0. The first-order valence-corrected chi connectivity index (χ1v) is 18.0. The van der Waals surface area contributed by atoms with Crippen LogP contribution in [0, 0.1) is 0 Å². The molecule has 0 spiro atoms. The lowest BCUT2D eigenvalue weighted by Gasteiger charge is -2.39. The molecule has 2 aliphatic rings. The molecule has 4 amide bonds. The number of likely N-dealkylation sites (tertiary alicyclic amines) is 1. The number of sulfone groups is 1. The molecule has 1 saturated heterocycles. The van der Waals surface area contributed by atoms with Crippen LogP contribution in [-0.4, -0.2) is 83.5 Å². The van der Waals surface area contributed by atoms with E-state index in [9.17, 15) is 32.7 Å². The number of nitrogens with one attached hydrogen (secondary N) is 3. The third-order valence-corrected chi connectivity index (χ3v) is 11.6. The highest BCUT2D eigenvalue weighted by atomic mass is 32.2. The lowest BCUT2D eigenvalue weighted by atomic mass is 9.83. The second kappa shape index (κ2) is 17.2. The van der Waals surface area contributed by atoms with E-state index < -0.39 is 56.0 Å². The summed E-state index contributed by atoms with van der Waals surface area (Å²) in [5.41, 5.74) is -0.894. The van der Waals surface area contributed by atoms with Crippen molar-refractivity contribution in [2.45, 2.75) is 153 Å². The fourth-order valence-corrected chi connectivity index (χ4v) is 7.52. The van der Waals surface area contributed by atoms with Gasteiger partial charge >= 0.3 is 12.0 Å². The zero-order valence-electron chi connectivity index (χ0n) is 26.8. The van der Waals surface area contributed by atoms with E-state index in [0.29, 0.717) is 45.1 Å². The number of hydrogen-bond donors (Lipinski definition) is 4. The van der Waals surface area contributed by atoms with Crippen molar-refractivity contribution in [2.24, 2.45) is 0 Å². The minimum absolute atomic E-state index is 0.164. The van der Waals surface area contributed by atoms with Crippen LogP contribution in [-0.2, 0) is 24.2 Å². The number of amides is 4. The van der Waals surface area contributed by atoms with Crippen molar-refractivity contribution >= 4 is 33.7 Å². The minimum Gasteiger partial charge on any atom is -0.480 e. The molecule has 1 heterocycles. The molecule has 0 aromatic rings. The van der Waals surface area contributed by atoms with Gasteiger partial charge in [-0.2, -0.15) is 0 Å². The Bertz CT molecular complexity index is 1040. The van der Waals surface area contributed by atoms with Crippen LogP contribution in [0.15, 0.2) is 0 Å². The number of hydrogen-bond acceptors (Lipinski definition) is 6. The molecule has 2 fully saturated rings. The molecule has 2 rings (SSSR count). The van der Waals surface area contributed by atoms with Gasteiger partial charge in [0.2, 0.25) is 11.8 Å². The van der Waals surface area contributed by atoms with E-state index in [1.54, 1.807) is 20.8 Å². The topological polar surface area (TPSA) is 162 Å². The number of carbonyl (C=O) groups excluding carboxylic acids is 3. The molecule has 4 N–H and O–H groups in total. The molecule has 0 radical (unpaired) electrons. The maximum Gasteiger partial charge on any atom is 0.326 e. The summed E-state index contributed by atoms with van der Waals surface area (Å²) in [6.45, 7) is 7.11. The zero-order chi connectivity index (χ0) is 32.1. The van der Waals surface area contributed by atoms with Crippen molar-refractivity contribution in [3.05, 3.63) is 0 Å². The van der Waals surface area contributed by atoms with Crippen molar-refractivity contribution in [1.29, 1.82) is 0 Å². The number of carbonyl (C=O) groups is 4. The van der Waals surface area contributed by atoms with Gasteiger partial charge in [-0.1, -0.05) is 77.6 Å².